The smallest absolute Gasteiger partial charge is 0.142 e. The van der Waals surface area contributed by atoms with Crippen molar-refractivity contribution in [1.82, 2.24) is 0 Å². The van der Waals surface area contributed by atoms with E-state index in [0.29, 0.717) is 0 Å². The molecule has 0 aliphatic heterocycles. The lowest BCUT2D eigenvalue weighted by atomic mass is 10.2. The second-order valence-electron chi connectivity index (χ2n) is 4.66. The summed E-state index contributed by atoms with van der Waals surface area (Å²) in [5, 5.41) is 5.61. The second-order valence-corrected chi connectivity index (χ2v) is 6.46. The third-order valence-electron chi connectivity index (χ3n) is 2.66. The van der Waals surface area contributed by atoms with Crippen molar-refractivity contribution in [3.05, 3.63) is 45.1 Å². The van der Waals surface area contributed by atoms with Crippen molar-refractivity contribution in [2.24, 2.45) is 0 Å². The van der Waals surface area contributed by atoms with Crippen LogP contribution in [0.25, 0.3) is 0 Å². The predicted octanol–water partition coefficient (Wildman–Crippen LogP) is 5.47. The van der Waals surface area contributed by atoms with Crippen molar-refractivity contribution in [2.45, 2.75) is 32.9 Å². The first kappa shape index (κ1) is 14.4. The molecule has 1 atom stereocenters. The van der Waals surface area contributed by atoms with E-state index in [9.17, 15) is 0 Å². The molecular formula is C15H18BrNOS. The lowest BCUT2D eigenvalue weighted by Crippen LogP contribution is -2.10. The largest absolute Gasteiger partial charge is 0.489 e. The molecule has 2 aromatic rings. The van der Waals surface area contributed by atoms with Crippen LogP contribution in [0, 0.1) is 0 Å². The van der Waals surface area contributed by atoms with Crippen LogP contribution in [0.2, 0.25) is 0 Å². The minimum atomic E-state index is 0.173. The van der Waals surface area contributed by atoms with Gasteiger partial charge in [-0.2, -0.15) is 0 Å². The number of thiophene rings is 1. The summed E-state index contributed by atoms with van der Waals surface area (Å²) in [6.45, 7) is 6.23. The highest BCUT2D eigenvalue weighted by atomic mass is 79.9. The Morgan fingerprint density at radius 1 is 1.16 bits per heavy atom. The molecular weight excluding hydrogens is 322 g/mol. The van der Waals surface area contributed by atoms with Gasteiger partial charge in [0.05, 0.1) is 17.8 Å². The molecule has 0 spiro atoms. The molecule has 2 rings (SSSR count). The molecule has 102 valence electrons. The Kier molecular flexibility index (Phi) is 4.88. The fraction of sp³-hybridized carbons (Fsp3) is 0.333. The molecule has 1 aromatic carbocycles. The van der Waals surface area contributed by atoms with Gasteiger partial charge in [0, 0.05) is 9.35 Å². The van der Waals surface area contributed by atoms with E-state index in [2.05, 4.69) is 45.7 Å². The van der Waals surface area contributed by atoms with Crippen LogP contribution >= 0.6 is 27.3 Å². The molecule has 1 aromatic heterocycles. The van der Waals surface area contributed by atoms with Crippen LogP contribution in [0.15, 0.2) is 40.2 Å². The van der Waals surface area contributed by atoms with Crippen LogP contribution in [-0.2, 0) is 0 Å². The van der Waals surface area contributed by atoms with Gasteiger partial charge in [-0.05, 0) is 60.3 Å². The first-order valence-electron chi connectivity index (χ1n) is 6.33. The highest BCUT2D eigenvalue weighted by molar-refractivity contribution is 9.10. The molecule has 0 bridgehead atoms. The van der Waals surface area contributed by atoms with E-state index in [1.165, 1.54) is 4.88 Å². The van der Waals surface area contributed by atoms with Crippen LogP contribution < -0.4 is 10.1 Å². The van der Waals surface area contributed by atoms with Gasteiger partial charge in [-0.1, -0.05) is 12.1 Å². The van der Waals surface area contributed by atoms with Crippen molar-refractivity contribution < 1.29 is 4.74 Å². The second kappa shape index (κ2) is 6.44. The summed E-state index contributed by atoms with van der Waals surface area (Å²) in [4.78, 5) is 1.29. The fourth-order valence-corrected chi connectivity index (χ4v) is 3.58. The predicted molar refractivity (Wildman–Crippen MR) is 86.3 cm³/mol. The zero-order valence-corrected chi connectivity index (χ0v) is 13.7. The topological polar surface area (TPSA) is 21.3 Å². The molecule has 0 aliphatic rings. The number of hydrogen-bond acceptors (Lipinski definition) is 3. The minimum absolute atomic E-state index is 0.173. The summed E-state index contributed by atoms with van der Waals surface area (Å²) in [6.07, 6.45) is 0.173. The molecule has 0 aliphatic carbocycles. The molecule has 1 unspecified atom stereocenters. The van der Waals surface area contributed by atoms with Gasteiger partial charge in [0.2, 0.25) is 0 Å². The van der Waals surface area contributed by atoms with Crippen LogP contribution in [0.1, 0.15) is 31.7 Å². The van der Waals surface area contributed by atoms with Gasteiger partial charge in [0.1, 0.15) is 5.75 Å². The Morgan fingerprint density at radius 3 is 2.53 bits per heavy atom. The van der Waals surface area contributed by atoms with Crippen LogP contribution in [0.3, 0.4) is 0 Å². The third kappa shape index (κ3) is 3.74. The quantitative estimate of drug-likeness (QED) is 0.779. The first-order valence-corrected chi connectivity index (χ1v) is 8.00. The third-order valence-corrected chi connectivity index (χ3v) is 4.71. The van der Waals surface area contributed by atoms with Gasteiger partial charge in [-0.15, -0.1) is 11.3 Å². The lowest BCUT2D eigenvalue weighted by Gasteiger charge is -2.19. The van der Waals surface area contributed by atoms with E-state index < -0.39 is 0 Å². The van der Waals surface area contributed by atoms with Crippen LogP contribution in [-0.4, -0.2) is 6.10 Å². The van der Waals surface area contributed by atoms with E-state index >= 15 is 0 Å². The van der Waals surface area contributed by atoms with Gasteiger partial charge in [-0.25, -0.2) is 0 Å². The summed E-state index contributed by atoms with van der Waals surface area (Å²) < 4.78 is 6.98. The van der Waals surface area contributed by atoms with Gasteiger partial charge in [0.25, 0.3) is 0 Å². The van der Waals surface area contributed by atoms with Crippen molar-refractivity contribution in [2.75, 3.05) is 5.32 Å². The molecule has 0 saturated carbocycles. The Labute approximate surface area is 126 Å². The standard InChI is InChI=1S/C15H18BrNOS/c1-10(2)18-14-7-5-4-6-13(14)17-11(3)15-12(16)8-9-19-15/h4-11,17H,1-3H3. The maximum atomic E-state index is 5.82. The van der Waals surface area contributed by atoms with Crippen molar-refractivity contribution in [3.8, 4) is 5.75 Å². The maximum Gasteiger partial charge on any atom is 0.142 e. The van der Waals surface area contributed by atoms with Crippen molar-refractivity contribution in [1.29, 1.82) is 0 Å². The van der Waals surface area contributed by atoms with E-state index in [1.54, 1.807) is 11.3 Å². The van der Waals surface area contributed by atoms with Crippen molar-refractivity contribution in [3.63, 3.8) is 0 Å². The normalized spacial score (nSPS) is 12.5. The van der Waals surface area contributed by atoms with E-state index in [0.717, 1.165) is 15.9 Å². The van der Waals surface area contributed by atoms with Gasteiger partial charge < -0.3 is 10.1 Å². The highest BCUT2D eigenvalue weighted by Gasteiger charge is 2.13. The van der Waals surface area contributed by atoms with Crippen LogP contribution in [0.4, 0.5) is 5.69 Å². The monoisotopic (exact) mass is 339 g/mol. The Morgan fingerprint density at radius 2 is 1.89 bits per heavy atom. The zero-order chi connectivity index (χ0) is 13.8. The average molecular weight is 340 g/mol. The Balaban J connectivity index is 2.17. The summed E-state index contributed by atoms with van der Waals surface area (Å²) in [5.74, 6) is 0.900. The average Bonchev–Trinajstić information content (AvgIpc) is 2.77. The number of hydrogen-bond donors (Lipinski definition) is 1. The summed E-state index contributed by atoms with van der Waals surface area (Å²) >= 11 is 5.32. The molecule has 0 amide bonds. The number of benzene rings is 1. The number of ether oxygens (including phenoxy) is 1. The van der Waals surface area contributed by atoms with E-state index in [4.69, 9.17) is 4.74 Å². The molecule has 1 N–H and O–H groups in total. The Hall–Kier alpha value is -1.00. The molecule has 2 nitrogen and oxygen atoms in total. The molecule has 0 saturated heterocycles. The summed E-state index contributed by atoms with van der Waals surface area (Å²) in [6, 6.07) is 10.4. The SMILES string of the molecule is CC(C)Oc1ccccc1NC(C)c1sccc1Br. The molecule has 19 heavy (non-hydrogen) atoms. The molecule has 0 radical (unpaired) electrons. The Bertz CT molecular complexity index is 538. The lowest BCUT2D eigenvalue weighted by molar-refractivity contribution is 0.243. The summed E-state index contributed by atoms with van der Waals surface area (Å²) in [5.41, 5.74) is 1.03. The zero-order valence-electron chi connectivity index (χ0n) is 11.3. The number of para-hydroxylation sites is 2. The number of rotatable bonds is 5. The van der Waals surface area contributed by atoms with E-state index in [-0.39, 0.29) is 12.1 Å². The van der Waals surface area contributed by atoms with Gasteiger partial charge in [-0.3, -0.25) is 0 Å². The van der Waals surface area contributed by atoms with E-state index in [1.807, 2.05) is 32.0 Å². The van der Waals surface area contributed by atoms with Gasteiger partial charge >= 0.3 is 0 Å². The van der Waals surface area contributed by atoms with Gasteiger partial charge in [0.15, 0.2) is 0 Å². The minimum Gasteiger partial charge on any atom is -0.489 e. The summed E-state index contributed by atoms with van der Waals surface area (Å²) in [7, 11) is 0. The maximum absolute atomic E-state index is 5.82. The number of nitrogens with one attached hydrogen (secondary N) is 1. The molecule has 1 heterocycles. The van der Waals surface area contributed by atoms with Crippen LogP contribution in [0.5, 0.6) is 5.75 Å². The highest BCUT2D eigenvalue weighted by Crippen LogP contribution is 2.33. The fourth-order valence-electron chi connectivity index (χ4n) is 1.86. The molecule has 0 fully saturated rings. The molecule has 4 heteroatoms. The number of halogens is 1. The number of anilines is 1. The first-order chi connectivity index (χ1) is 9.08. The van der Waals surface area contributed by atoms with Crippen molar-refractivity contribution >= 4 is 33.0 Å².